The van der Waals surface area contributed by atoms with Gasteiger partial charge in [0, 0.05) is 16.9 Å². The number of pyridine rings is 1. The van der Waals surface area contributed by atoms with Gasteiger partial charge in [-0.3, -0.25) is 4.98 Å². The van der Waals surface area contributed by atoms with Gasteiger partial charge in [0.2, 0.25) is 0 Å². The fraction of sp³-hybridized carbons (Fsp3) is 0.250. The van der Waals surface area contributed by atoms with Crippen LogP contribution in [0.1, 0.15) is 29.3 Å². The van der Waals surface area contributed by atoms with Crippen molar-refractivity contribution in [3.05, 3.63) is 58.1 Å². The van der Waals surface area contributed by atoms with Gasteiger partial charge >= 0.3 is 0 Å². The van der Waals surface area contributed by atoms with E-state index in [0.717, 1.165) is 27.9 Å². The van der Waals surface area contributed by atoms with E-state index in [2.05, 4.69) is 43.5 Å². The number of alkyl halides is 1. The van der Waals surface area contributed by atoms with Gasteiger partial charge in [-0.15, -0.1) is 11.6 Å². The summed E-state index contributed by atoms with van der Waals surface area (Å²) in [7, 11) is 0. The molecule has 0 aliphatic rings. The van der Waals surface area contributed by atoms with Crippen molar-refractivity contribution < 1.29 is 0 Å². The number of aryl methyl sites for hydroxylation is 1. The molecule has 0 aliphatic heterocycles. The van der Waals surface area contributed by atoms with Crippen LogP contribution in [0.25, 0.3) is 11.0 Å². The number of hydrogen-bond donors (Lipinski definition) is 0. The van der Waals surface area contributed by atoms with Crippen LogP contribution in [0.3, 0.4) is 0 Å². The van der Waals surface area contributed by atoms with E-state index < -0.39 is 0 Å². The smallest absolute Gasteiger partial charge is 0.128 e. The van der Waals surface area contributed by atoms with Crippen molar-refractivity contribution >= 4 is 38.6 Å². The Balaban J connectivity index is 2.17. The van der Waals surface area contributed by atoms with Crippen LogP contribution in [0.2, 0.25) is 0 Å². The first-order valence-electron chi connectivity index (χ1n) is 6.75. The Bertz CT molecular complexity index is 795. The summed E-state index contributed by atoms with van der Waals surface area (Å²) in [5.41, 5.74) is 4.43. The monoisotopic (exact) mass is 363 g/mol. The highest BCUT2D eigenvalue weighted by Gasteiger charge is 2.16. The maximum absolute atomic E-state index is 6.31. The third-order valence-corrected chi connectivity index (χ3v) is 4.26. The molecule has 3 aromatic rings. The lowest BCUT2D eigenvalue weighted by Gasteiger charge is -2.12. The van der Waals surface area contributed by atoms with Crippen LogP contribution in [0.5, 0.6) is 0 Å². The van der Waals surface area contributed by atoms with Gasteiger partial charge in [-0.05, 0) is 49.2 Å². The van der Waals surface area contributed by atoms with E-state index in [1.54, 1.807) is 0 Å². The number of halogens is 2. The zero-order chi connectivity index (χ0) is 15.0. The van der Waals surface area contributed by atoms with Crippen molar-refractivity contribution in [3.8, 4) is 0 Å². The fourth-order valence-corrected chi connectivity index (χ4v) is 2.93. The molecular formula is C16H15BrClN3. The minimum absolute atomic E-state index is 0.145. The Hall–Kier alpha value is -1.39. The molecule has 0 N–H and O–H groups in total. The van der Waals surface area contributed by atoms with Gasteiger partial charge in [0.1, 0.15) is 5.82 Å². The predicted molar refractivity (Wildman–Crippen MR) is 89.8 cm³/mol. The molecule has 2 aromatic heterocycles. The molecule has 0 saturated carbocycles. The molecule has 0 spiro atoms. The maximum atomic E-state index is 6.31. The van der Waals surface area contributed by atoms with Crippen LogP contribution in [0, 0.1) is 6.92 Å². The molecule has 21 heavy (non-hydrogen) atoms. The molecule has 5 heteroatoms. The summed E-state index contributed by atoms with van der Waals surface area (Å²) >= 11 is 9.84. The van der Waals surface area contributed by atoms with Crippen LogP contribution in [-0.4, -0.2) is 14.5 Å². The second kappa shape index (κ2) is 5.78. The number of rotatable bonds is 3. The van der Waals surface area contributed by atoms with E-state index in [1.807, 2.05) is 37.5 Å². The van der Waals surface area contributed by atoms with E-state index in [-0.39, 0.29) is 5.38 Å². The molecule has 3 nitrogen and oxygen atoms in total. The zero-order valence-electron chi connectivity index (χ0n) is 11.8. The molecular weight excluding hydrogens is 350 g/mol. The SMILES string of the molecule is Cc1ccncc1Cn1c(C(C)Cl)nc2ccc(Br)cc21. The molecule has 1 unspecified atom stereocenters. The Kier molecular flexibility index (Phi) is 4.00. The number of aromatic nitrogens is 3. The number of imidazole rings is 1. The van der Waals surface area contributed by atoms with E-state index in [0.29, 0.717) is 0 Å². The summed E-state index contributed by atoms with van der Waals surface area (Å²) in [6.07, 6.45) is 3.72. The molecule has 108 valence electrons. The third kappa shape index (κ3) is 2.83. The Morgan fingerprint density at radius 3 is 2.86 bits per heavy atom. The van der Waals surface area contributed by atoms with Crippen LogP contribution in [-0.2, 0) is 6.54 Å². The lowest BCUT2D eigenvalue weighted by atomic mass is 10.1. The molecule has 1 aromatic carbocycles. The highest BCUT2D eigenvalue weighted by atomic mass is 79.9. The summed E-state index contributed by atoms with van der Waals surface area (Å²) in [4.78, 5) is 8.89. The highest BCUT2D eigenvalue weighted by Crippen LogP contribution is 2.27. The molecule has 0 saturated heterocycles. The average molecular weight is 365 g/mol. The Labute approximate surface area is 137 Å². The van der Waals surface area contributed by atoms with E-state index in [4.69, 9.17) is 11.6 Å². The first kappa shape index (κ1) is 14.5. The van der Waals surface area contributed by atoms with Gasteiger partial charge in [-0.25, -0.2) is 4.98 Å². The minimum Gasteiger partial charge on any atom is -0.322 e. The largest absolute Gasteiger partial charge is 0.322 e. The molecule has 2 heterocycles. The number of fused-ring (bicyclic) bond motifs is 1. The molecule has 0 fully saturated rings. The topological polar surface area (TPSA) is 30.7 Å². The van der Waals surface area contributed by atoms with Crippen molar-refractivity contribution in [2.24, 2.45) is 0 Å². The van der Waals surface area contributed by atoms with E-state index >= 15 is 0 Å². The Morgan fingerprint density at radius 1 is 1.33 bits per heavy atom. The Morgan fingerprint density at radius 2 is 2.14 bits per heavy atom. The van der Waals surface area contributed by atoms with Crippen LogP contribution in [0.4, 0.5) is 0 Å². The van der Waals surface area contributed by atoms with Crippen molar-refractivity contribution in [2.45, 2.75) is 25.8 Å². The second-order valence-corrected chi connectivity index (χ2v) is 6.68. The van der Waals surface area contributed by atoms with Crippen molar-refractivity contribution in [1.29, 1.82) is 0 Å². The normalized spacial score (nSPS) is 12.8. The minimum atomic E-state index is -0.145. The van der Waals surface area contributed by atoms with E-state index in [1.165, 1.54) is 11.1 Å². The quantitative estimate of drug-likeness (QED) is 0.622. The highest BCUT2D eigenvalue weighted by molar-refractivity contribution is 9.10. The van der Waals surface area contributed by atoms with Gasteiger partial charge in [0.25, 0.3) is 0 Å². The van der Waals surface area contributed by atoms with Gasteiger partial charge < -0.3 is 4.57 Å². The maximum Gasteiger partial charge on any atom is 0.128 e. The van der Waals surface area contributed by atoms with Crippen LogP contribution in [0.15, 0.2) is 41.1 Å². The standard InChI is InChI=1S/C16H15BrClN3/c1-10-5-6-19-8-12(10)9-21-15-7-13(17)3-4-14(15)20-16(21)11(2)18/h3-8,11H,9H2,1-2H3. The summed E-state index contributed by atoms with van der Waals surface area (Å²) in [6, 6.07) is 8.11. The van der Waals surface area contributed by atoms with Crippen LogP contribution >= 0.6 is 27.5 Å². The first-order chi connectivity index (χ1) is 10.1. The lowest BCUT2D eigenvalue weighted by Crippen LogP contribution is -2.07. The number of benzene rings is 1. The van der Waals surface area contributed by atoms with Gasteiger partial charge in [0.05, 0.1) is 23.0 Å². The van der Waals surface area contributed by atoms with Gasteiger partial charge in [0.15, 0.2) is 0 Å². The fourth-order valence-electron chi connectivity index (χ4n) is 2.42. The van der Waals surface area contributed by atoms with Crippen molar-refractivity contribution in [2.75, 3.05) is 0 Å². The molecule has 0 radical (unpaired) electrons. The van der Waals surface area contributed by atoms with Gasteiger partial charge in [-0.1, -0.05) is 15.9 Å². The molecule has 3 rings (SSSR count). The first-order valence-corrected chi connectivity index (χ1v) is 7.98. The zero-order valence-corrected chi connectivity index (χ0v) is 14.2. The number of nitrogens with zero attached hydrogens (tertiary/aromatic N) is 3. The molecule has 1 atom stereocenters. The third-order valence-electron chi connectivity index (χ3n) is 3.57. The van der Waals surface area contributed by atoms with E-state index in [9.17, 15) is 0 Å². The summed E-state index contributed by atoms with van der Waals surface area (Å²) in [5.74, 6) is 0.882. The summed E-state index contributed by atoms with van der Waals surface area (Å²) in [6.45, 7) is 4.76. The number of hydrogen-bond acceptors (Lipinski definition) is 2. The van der Waals surface area contributed by atoms with Crippen molar-refractivity contribution in [1.82, 2.24) is 14.5 Å². The van der Waals surface area contributed by atoms with Crippen molar-refractivity contribution in [3.63, 3.8) is 0 Å². The predicted octanol–water partition coefficient (Wildman–Crippen LogP) is 4.85. The summed E-state index contributed by atoms with van der Waals surface area (Å²) in [5, 5.41) is -0.145. The molecule has 0 aliphatic carbocycles. The average Bonchev–Trinajstić information content (AvgIpc) is 2.80. The lowest BCUT2D eigenvalue weighted by molar-refractivity contribution is 0.737. The van der Waals surface area contributed by atoms with Crippen LogP contribution < -0.4 is 0 Å². The molecule has 0 bridgehead atoms. The second-order valence-electron chi connectivity index (χ2n) is 5.11. The summed E-state index contributed by atoms with van der Waals surface area (Å²) < 4.78 is 3.20. The molecule has 0 amide bonds. The van der Waals surface area contributed by atoms with Gasteiger partial charge in [-0.2, -0.15) is 0 Å².